The number of ether oxygens (including phenoxy) is 1. The van der Waals surface area contributed by atoms with E-state index in [0.717, 1.165) is 40.6 Å². The normalized spacial score (nSPS) is 10.5. The van der Waals surface area contributed by atoms with Crippen LogP contribution < -0.4 is 10.5 Å². The first-order valence-electron chi connectivity index (χ1n) is 6.44. The minimum Gasteiger partial charge on any atom is -0.455 e. The van der Waals surface area contributed by atoms with E-state index in [0.29, 0.717) is 6.54 Å². The summed E-state index contributed by atoms with van der Waals surface area (Å²) in [5.41, 5.74) is 9.47. The Kier molecular flexibility index (Phi) is 4.12. The Hall–Kier alpha value is -1.94. The summed E-state index contributed by atoms with van der Waals surface area (Å²) in [5, 5.41) is 0. The lowest BCUT2D eigenvalue weighted by atomic mass is 10.2. The van der Waals surface area contributed by atoms with E-state index in [1.807, 2.05) is 32.0 Å². The summed E-state index contributed by atoms with van der Waals surface area (Å²) in [7, 11) is 0. The van der Waals surface area contributed by atoms with Crippen LogP contribution in [0.2, 0.25) is 0 Å². The van der Waals surface area contributed by atoms with Gasteiger partial charge in [0.05, 0.1) is 5.69 Å². The fraction of sp³-hybridized carbons (Fsp3) is 0.333. The van der Waals surface area contributed by atoms with E-state index >= 15 is 0 Å². The summed E-state index contributed by atoms with van der Waals surface area (Å²) in [5.74, 6) is 1.55. The van der Waals surface area contributed by atoms with Crippen molar-refractivity contribution < 1.29 is 4.74 Å². The van der Waals surface area contributed by atoms with Crippen LogP contribution in [0.1, 0.15) is 29.6 Å². The highest BCUT2D eigenvalue weighted by molar-refractivity contribution is 5.39. The van der Waals surface area contributed by atoms with Crippen molar-refractivity contribution in [2.45, 2.75) is 33.7 Å². The second-order valence-corrected chi connectivity index (χ2v) is 4.49. The Bertz CT molecular complexity index is 582. The molecule has 2 rings (SSSR count). The Morgan fingerprint density at radius 1 is 1.16 bits per heavy atom. The van der Waals surface area contributed by atoms with Gasteiger partial charge in [0.1, 0.15) is 11.5 Å². The number of rotatable bonds is 4. The lowest BCUT2D eigenvalue weighted by Crippen LogP contribution is -2.03. The maximum Gasteiger partial charge on any atom is 0.148 e. The average Bonchev–Trinajstić information content (AvgIpc) is 2.41. The third kappa shape index (κ3) is 3.09. The van der Waals surface area contributed by atoms with Crippen LogP contribution in [0.3, 0.4) is 0 Å². The first-order chi connectivity index (χ1) is 9.13. The first-order valence-corrected chi connectivity index (χ1v) is 6.44. The van der Waals surface area contributed by atoms with Crippen molar-refractivity contribution in [2.24, 2.45) is 5.73 Å². The molecule has 2 aromatic rings. The van der Waals surface area contributed by atoms with Gasteiger partial charge in [-0.3, -0.25) is 9.97 Å². The predicted molar refractivity (Wildman–Crippen MR) is 75.3 cm³/mol. The van der Waals surface area contributed by atoms with Crippen molar-refractivity contribution in [2.75, 3.05) is 0 Å². The molecule has 0 bridgehead atoms. The summed E-state index contributed by atoms with van der Waals surface area (Å²) in [4.78, 5) is 8.73. The summed E-state index contributed by atoms with van der Waals surface area (Å²) in [6.45, 7) is 6.38. The van der Waals surface area contributed by atoms with Crippen molar-refractivity contribution in [1.29, 1.82) is 0 Å². The summed E-state index contributed by atoms with van der Waals surface area (Å²) >= 11 is 0. The zero-order valence-corrected chi connectivity index (χ0v) is 11.6. The van der Waals surface area contributed by atoms with E-state index in [4.69, 9.17) is 10.5 Å². The topological polar surface area (TPSA) is 61.0 Å². The van der Waals surface area contributed by atoms with Gasteiger partial charge in [0.25, 0.3) is 0 Å². The number of aromatic nitrogens is 2. The lowest BCUT2D eigenvalue weighted by molar-refractivity contribution is 0.465. The smallest absolute Gasteiger partial charge is 0.148 e. The van der Waals surface area contributed by atoms with Gasteiger partial charge < -0.3 is 10.5 Å². The van der Waals surface area contributed by atoms with E-state index in [-0.39, 0.29) is 0 Å². The zero-order chi connectivity index (χ0) is 13.8. The summed E-state index contributed by atoms with van der Waals surface area (Å²) in [6, 6.07) is 5.81. The van der Waals surface area contributed by atoms with Crippen molar-refractivity contribution >= 4 is 0 Å². The van der Waals surface area contributed by atoms with Crippen LogP contribution >= 0.6 is 0 Å². The molecule has 0 aliphatic heterocycles. The van der Waals surface area contributed by atoms with Crippen LogP contribution in [0.15, 0.2) is 24.4 Å². The predicted octanol–water partition coefficient (Wildman–Crippen LogP) is 2.91. The quantitative estimate of drug-likeness (QED) is 0.914. The number of pyridine rings is 2. The molecular formula is C15H19N3O. The van der Waals surface area contributed by atoms with Crippen LogP contribution in [-0.2, 0) is 13.0 Å². The largest absolute Gasteiger partial charge is 0.455 e. The zero-order valence-electron chi connectivity index (χ0n) is 11.6. The van der Waals surface area contributed by atoms with Crippen molar-refractivity contribution in [3.05, 3.63) is 47.0 Å². The van der Waals surface area contributed by atoms with Crippen molar-refractivity contribution in [3.8, 4) is 11.5 Å². The van der Waals surface area contributed by atoms with Gasteiger partial charge in [0.15, 0.2) is 0 Å². The third-order valence-electron chi connectivity index (χ3n) is 2.93. The molecule has 0 aromatic carbocycles. The van der Waals surface area contributed by atoms with Gasteiger partial charge in [-0.25, -0.2) is 0 Å². The monoisotopic (exact) mass is 257 g/mol. The van der Waals surface area contributed by atoms with E-state index in [9.17, 15) is 0 Å². The molecule has 0 atom stereocenters. The second kappa shape index (κ2) is 5.80. The highest BCUT2D eigenvalue weighted by Crippen LogP contribution is 2.28. The van der Waals surface area contributed by atoms with Crippen LogP contribution in [-0.4, -0.2) is 9.97 Å². The Morgan fingerprint density at radius 2 is 1.95 bits per heavy atom. The maximum absolute atomic E-state index is 5.98. The van der Waals surface area contributed by atoms with Gasteiger partial charge in [0.2, 0.25) is 0 Å². The first kappa shape index (κ1) is 13.5. The minimum atomic E-state index is 0.406. The maximum atomic E-state index is 5.98. The molecular weight excluding hydrogens is 238 g/mol. The summed E-state index contributed by atoms with van der Waals surface area (Å²) in [6.07, 6.45) is 2.59. The van der Waals surface area contributed by atoms with Crippen molar-refractivity contribution in [1.82, 2.24) is 9.97 Å². The second-order valence-electron chi connectivity index (χ2n) is 4.49. The summed E-state index contributed by atoms with van der Waals surface area (Å²) < 4.78 is 5.98. The van der Waals surface area contributed by atoms with E-state index in [1.165, 1.54) is 0 Å². The fourth-order valence-electron chi connectivity index (χ4n) is 1.87. The minimum absolute atomic E-state index is 0.406. The van der Waals surface area contributed by atoms with Crippen LogP contribution in [0, 0.1) is 13.8 Å². The molecule has 0 amide bonds. The molecule has 19 heavy (non-hydrogen) atoms. The van der Waals surface area contributed by atoms with Crippen molar-refractivity contribution in [3.63, 3.8) is 0 Å². The molecule has 2 aromatic heterocycles. The molecule has 0 unspecified atom stereocenters. The molecule has 4 nitrogen and oxygen atoms in total. The number of aryl methyl sites for hydroxylation is 3. The van der Waals surface area contributed by atoms with E-state index < -0.39 is 0 Å². The molecule has 0 fully saturated rings. The third-order valence-corrected chi connectivity index (χ3v) is 2.93. The molecule has 0 spiro atoms. The average molecular weight is 257 g/mol. The fourth-order valence-corrected chi connectivity index (χ4v) is 1.87. The standard InChI is InChI=1S/C15H19N3O/c1-4-13-14(6-5-10(2)18-13)19-15-7-11(3)17-9-12(15)8-16/h5-7,9H,4,8,16H2,1-3H3. The molecule has 0 saturated heterocycles. The molecule has 100 valence electrons. The van der Waals surface area contributed by atoms with Gasteiger partial charge in [-0.2, -0.15) is 0 Å². The number of nitrogens with two attached hydrogens (primary N) is 1. The molecule has 4 heteroatoms. The SMILES string of the molecule is CCc1nc(C)ccc1Oc1cc(C)ncc1CN. The number of hydrogen-bond donors (Lipinski definition) is 1. The van der Waals surface area contributed by atoms with Gasteiger partial charge in [-0.1, -0.05) is 6.92 Å². The lowest BCUT2D eigenvalue weighted by Gasteiger charge is -2.13. The number of hydrogen-bond acceptors (Lipinski definition) is 4. The highest BCUT2D eigenvalue weighted by Gasteiger charge is 2.09. The van der Waals surface area contributed by atoms with Crippen LogP contribution in [0.4, 0.5) is 0 Å². The molecule has 0 radical (unpaired) electrons. The van der Waals surface area contributed by atoms with E-state index in [1.54, 1.807) is 6.20 Å². The Balaban J connectivity index is 2.38. The Labute approximate surface area is 113 Å². The van der Waals surface area contributed by atoms with Crippen LogP contribution in [0.25, 0.3) is 0 Å². The van der Waals surface area contributed by atoms with Crippen LogP contribution in [0.5, 0.6) is 11.5 Å². The van der Waals surface area contributed by atoms with Gasteiger partial charge >= 0.3 is 0 Å². The Morgan fingerprint density at radius 3 is 2.63 bits per heavy atom. The molecule has 0 aliphatic carbocycles. The van der Waals surface area contributed by atoms with Gasteiger partial charge in [-0.05, 0) is 32.4 Å². The van der Waals surface area contributed by atoms with Gasteiger partial charge in [0, 0.05) is 35.8 Å². The van der Waals surface area contributed by atoms with E-state index in [2.05, 4.69) is 16.9 Å². The molecule has 2 heterocycles. The molecule has 2 N–H and O–H groups in total. The highest BCUT2D eigenvalue weighted by atomic mass is 16.5. The van der Waals surface area contributed by atoms with Gasteiger partial charge in [-0.15, -0.1) is 0 Å². The molecule has 0 saturated carbocycles. The number of nitrogens with zero attached hydrogens (tertiary/aromatic N) is 2. The molecule has 0 aliphatic rings.